The number of hydrogen-bond donors (Lipinski definition) is 0. The predicted octanol–water partition coefficient (Wildman–Crippen LogP) is 6.03. The lowest BCUT2D eigenvalue weighted by molar-refractivity contribution is 0.694. The summed E-state index contributed by atoms with van der Waals surface area (Å²) in [6, 6.07) is 28.2. The average molecular weight is 430 g/mol. The molecule has 5 nitrogen and oxygen atoms in total. The highest BCUT2D eigenvalue weighted by atomic mass is 15.3. The lowest BCUT2D eigenvalue weighted by Crippen LogP contribution is -2.00. The van der Waals surface area contributed by atoms with Crippen molar-refractivity contribution in [3.05, 3.63) is 103 Å². The van der Waals surface area contributed by atoms with E-state index in [1.54, 1.807) is 0 Å². The Morgan fingerprint density at radius 2 is 1.21 bits per heavy atom. The van der Waals surface area contributed by atoms with E-state index in [4.69, 9.17) is 10.2 Å². The fourth-order valence-electron chi connectivity index (χ4n) is 5.04. The molecule has 0 amide bonds. The Kier molecular flexibility index (Phi) is 4.03. The van der Waals surface area contributed by atoms with E-state index in [2.05, 4.69) is 95.8 Å². The summed E-state index contributed by atoms with van der Waals surface area (Å²) in [6.07, 6.45) is 8.33. The predicted molar refractivity (Wildman–Crippen MR) is 132 cm³/mol. The van der Waals surface area contributed by atoms with Crippen molar-refractivity contribution in [2.24, 2.45) is 0 Å². The van der Waals surface area contributed by atoms with Crippen molar-refractivity contribution in [3.63, 3.8) is 0 Å². The molecule has 3 aromatic heterocycles. The minimum atomic E-state index is 0.983. The summed E-state index contributed by atoms with van der Waals surface area (Å²) in [6.45, 7) is 0. The molecule has 0 radical (unpaired) electrons. The first-order valence-corrected chi connectivity index (χ1v) is 11.6. The molecule has 6 aromatic rings. The molecule has 0 aliphatic carbocycles. The summed E-state index contributed by atoms with van der Waals surface area (Å²) in [5.74, 6) is 0. The van der Waals surface area contributed by atoms with Gasteiger partial charge in [0, 0.05) is 28.9 Å². The zero-order chi connectivity index (χ0) is 21.8. The Morgan fingerprint density at radius 1 is 0.545 bits per heavy atom. The van der Waals surface area contributed by atoms with Crippen LogP contribution in [0.3, 0.4) is 0 Å². The van der Waals surface area contributed by atoms with Crippen LogP contribution in [0.15, 0.2) is 91.3 Å². The number of rotatable bonds is 0. The van der Waals surface area contributed by atoms with Gasteiger partial charge in [-0.1, -0.05) is 30.3 Å². The number of hydrogen-bond acceptors (Lipinski definition) is 2. The van der Waals surface area contributed by atoms with Gasteiger partial charge in [-0.05, 0) is 74.2 Å². The van der Waals surface area contributed by atoms with E-state index >= 15 is 0 Å². The van der Waals surface area contributed by atoms with Gasteiger partial charge in [0.25, 0.3) is 0 Å². The quantitative estimate of drug-likeness (QED) is 0.296. The second-order valence-electron chi connectivity index (χ2n) is 8.78. The van der Waals surface area contributed by atoms with Gasteiger partial charge >= 0.3 is 0 Å². The zero-order valence-electron chi connectivity index (χ0n) is 18.2. The minimum absolute atomic E-state index is 0.983. The molecular weight excluding hydrogens is 406 g/mol. The molecule has 160 valence electrons. The summed E-state index contributed by atoms with van der Waals surface area (Å²) in [5, 5.41) is 12.2. The summed E-state index contributed by atoms with van der Waals surface area (Å²) in [5.41, 5.74) is 7.91. The molecule has 4 heterocycles. The minimum Gasteiger partial charge on any atom is -0.309 e. The Hall–Kier alpha value is -4.12. The molecule has 7 rings (SSSR count). The van der Waals surface area contributed by atoms with Gasteiger partial charge in [0.1, 0.15) is 0 Å². The third-order valence-electron chi connectivity index (χ3n) is 6.68. The fraction of sp³-hybridized carbons (Fsp3) is 0.143. The van der Waals surface area contributed by atoms with Crippen LogP contribution in [0.25, 0.3) is 38.9 Å². The van der Waals surface area contributed by atoms with Gasteiger partial charge in [0.15, 0.2) is 0 Å². The van der Waals surface area contributed by atoms with Crippen molar-refractivity contribution in [1.82, 2.24) is 24.1 Å². The second kappa shape index (κ2) is 7.20. The average Bonchev–Trinajstić information content (AvgIpc) is 3.58. The van der Waals surface area contributed by atoms with Crippen LogP contribution in [0, 0.1) is 0 Å². The number of aryl methyl sites for hydroxylation is 2. The first kappa shape index (κ1) is 18.5. The van der Waals surface area contributed by atoms with Crippen LogP contribution in [-0.4, -0.2) is 24.1 Å². The molecule has 33 heavy (non-hydrogen) atoms. The Bertz CT molecular complexity index is 1630. The van der Waals surface area contributed by atoms with Gasteiger partial charge in [-0.2, -0.15) is 10.2 Å². The molecular formula is C28H23N5. The van der Waals surface area contributed by atoms with E-state index in [9.17, 15) is 0 Å². The van der Waals surface area contributed by atoms with Crippen molar-refractivity contribution >= 4 is 21.8 Å². The molecule has 0 N–H and O–H groups in total. The maximum atomic E-state index is 4.87. The lowest BCUT2D eigenvalue weighted by Gasteiger charge is -2.11. The van der Waals surface area contributed by atoms with Crippen LogP contribution < -0.4 is 0 Å². The topological polar surface area (TPSA) is 40.6 Å². The lowest BCUT2D eigenvalue weighted by atomic mass is 10.1. The van der Waals surface area contributed by atoms with Gasteiger partial charge < -0.3 is 4.57 Å². The van der Waals surface area contributed by atoms with Gasteiger partial charge in [-0.3, -0.25) is 0 Å². The Labute approximate surface area is 191 Å². The van der Waals surface area contributed by atoms with Gasteiger partial charge in [-0.25, -0.2) is 9.36 Å². The van der Waals surface area contributed by atoms with Crippen molar-refractivity contribution < 1.29 is 0 Å². The molecule has 0 saturated heterocycles. The third-order valence-corrected chi connectivity index (χ3v) is 6.68. The van der Waals surface area contributed by atoms with Crippen LogP contribution in [0.2, 0.25) is 0 Å². The number of benzene rings is 3. The molecule has 0 spiro atoms. The molecule has 0 atom stereocenters. The summed E-state index contributed by atoms with van der Waals surface area (Å²) < 4.78 is 6.35. The van der Waals surface area contributed by atoms with Crippen molar-refractivity contribution in [2.45, 2.75) is 25.7 Å². The van der Waals surface area contributed by atoms with E-state index in [1.165, 1.54) is 21.8 Å². The number of aromatic nitrogens is 5. The number of nitrogens with zero attached hydrogens (tertiary/aromatic N) is 5. The number of para-hydroxylation sites is 1. The first-order chi connectivity index (χ1) is 16.3. The Balaban J connectivity index is 1.53. The molecule has 1 aliphatic heterocycles. The van der Waals surface area contributed by atoms with Crippen LogP contribution >= 0.6 is 0 Å². The van der Waals surface area contributed by atoms with E-state index in [1.807, 2.05) is 9.36 Å². The van der Waals surface area contributed by atoms with Crippen molar-refractivity contribution in [2.75, 3.05) is 0 Å². The molecule has 8 bridgehead atoms. The number of fused-ring (bicyclic) bond motifs is 13. The van der Waals surface area contributed by atoms with E-state index in [0.717, 1.165) is 54.1 Å². The second-order valence-corrected chi connectivity index (χ2v) is 8.78. The molecule has 5 heteroatoms. The zero-order valence-corrected chi connectivity index (χ0v) is 18.2. The maximum absolute atomic E-state index is 4.87. The standard InChI is InChI=1S/C28H23N5/c1-2-7-21-15-17-32(30-21)23-12-13-26-25-10-3-4-11-27(25)33(28(26)19-23)24-9-5-8-22(18-24)31-16-14-20(6-1)29-31/h3-5,8-19H,1-2,6-7H2. The van der Waals surface area contributed by atoms with Crippen molar-refractivity contribution in [3.8, 4) is 17.1 Å². The molecule has 0 fully saturated rings. The molecule has 0 unspecified atom stereocenters. The summed E-state index contributed by atoms with van der Waals surface area (Å²) >= 11 is 0. The van der Waals surface area contributed by atoms with Crippen LogP contribution in [0.1, 0.15) is 24.2 Å². The van der Waals surface area contributed by atoms with E-state index in [-0.39, 0.29) is 0 Å². The SMILES string of the molecule is c1cc2cc(c1)-n1c3ccccc3c3ccc(cc31)-n1ccc(n1)CCCCc1ccn-2n1. The summed E-state index contributed by atoms with van der Waals surface area (Å²) in [7, 11) is 0. The van der Waals surface area contributed by atoms with Gasteiger partial charge in [0.05, 0.1) is 33.8 Å². The molecule has 1 aliphatic rings. The summed E-state index contributed by atoms with van der Waals surface area (Å²) in [4.78, 5) is 0. The highest BCUT2D eigenvalue weighted by Crippen LogP contribution is 2.33. The van der Waals surface area contributed by atoms with Crippen LogP contribution in [0.4, 0.5) is 0 Å². The smallest absolute Gasteiger partial charge is 0.0666 e. The fourth-order valence-corrected chi connectivity index (χ4v) is 5.04. The van der Waals surface area contributed by atoms with Gasteiger partial charge in [-0.15, -0.1) is 0 Å². The highest BCUT2D eigenvalue weighted by Gasteiger charge is 2.14. The molecule has 3 aromatic carbocycles. The van der Waals surface area contributed by atoms with Gasteiger partial charge in [0.2, 0.25) is 0 Å². The monoisotopic (exact) mass is 429 g/mol. The van der Waals surface area contributed by atoms with Crippen LogP contribution in [0.5, 0.6) is 0 Å². The van der Waals surface area contributed by atoms with E-state index in [0.29, 0.717) is 0 Å². The van der Waals surface area contributed by atoms with Crippen molar-refractivity contribution in [1.29, 1.82) is 0 Å². The highest BCUT2D eigenvalue weighted by molar-refractivity contribution is 6.09. The normalized spacial score (nSPS) is 13.6. The Morgan fingerprint density at radius 3 is 2.00 bits per heavy atom. The third kappa shape index (κ3) is 3.00. The largest absolute Gasteiger partial charge is 0.309 e. The van der Waals surface area contributed by atoms with E-state index < -0.39 is 0 Å². The van der Waals surface area contributed by atoms with Crippen LogP contribution in [-0.2, 0) is 12.8 Å². The maximum Gasteiger partial charge on any atom is 0.0666 e. The molecule has 0 saturated carbocycles. The first-order valence-electron chi connectivity index (χ1n) is 11.6.